The highest BCUT2D eigenvalue weighted by atomic mass is 28.1. The van der Waals surface area contributed by atoms with Crippen LogP contribution in [-0.4, -0.2) is 39.3 Å². The fraction of sp³-hybridized carbons (Fsp3) is 0.750. The highest BCUT2D eigenvalue weighted by Crippen LogP contribution is 1.85. The zero-order valence-electron chi connectivity index (χ0n) is 4.53. The average molecular weight is 151 g/mol. The summed E-state index contributed by atoms with van der Waals surface area (Å²) in [7, 11) is 0. The van der Waals surface area contributed by atoms with Crippen LogP contribution in [0.3, 0.4) is 0 Å². The van der Waals surface area contributed by atoms with Crippen molar-refractivity contribution in [3.05, 3.63) is 0 Å². The molecule has 0 rings (SSSR count). The van der Waals surface area contributed by atoms with Gasteiger partial charge in [0.1, 0.15) is 6.04 Å². The monoisotopic (exact) mass is 151 g/mol. The summed E-state index contributed by atoms with van der Waals surface area (Å²) in [6.07, 6.45) is -0.979. The minimum atomic E-state index is -1.18. The number of carboxylic acids is 1. The molecular formula is C4H13NO3Si. The predicted molar refractivity (Wildman–Crippen MR) is 38.6 cm³/mol. The molecule has 4 N–H and O–H groups in total. The van der Waals surface area contributed by atoms with Gasteiger partial charge in [0, 0.05) is 0 Å². The van der Waals surface area contributed by atoms with E-state index in [1.54, 1.807) is 0 Å². The lowest BCUT2D eigenvalue weighted by Crippen LogP contribution is -2.39. The molecule has 0 aliphatic heterocycles. The van der Waals surface area contributed by atoms with E-state index in [9.17, 15) is 4.79 Å². The Bertz CT molecular complexity index is 95.8. The Labute approximate surface area is 57.7 Å². The first-order valence-electron chi connectivity index (χ1n) is 2.22. The van der Waals surface area contributed by atoms with Crippen LogP contribution >= 0.6 is 0 Å². The van der Waals surface area contributed by atoms with Crippen LogP contribution < -0.4 is 5.73 Å². The molecule has 5 heteroatoms. The van der Waals surface area contributed by atoms with Crippen molar-refractivity contribution < 1.29 is 15.0 Å². The average Bonchev–Trinajstić information content (AvgIpc) is 1.64. The van der Waals surface area contributed by atoms with Crippen LogP contribution in [0.25, 0.3) is 0 Å². The Kier molecular flexibility index (Phi) is 5.68. The second-order valence-corrected chi connectivity index (χ2v) is 1.60. The Morgan fingerprint density at radius 2 is 2.00 bits per heavy atom. The molecule has 0 saturated heterocycles. The fourth-order valence-electron chi connectivity index (χ4n) is 0.206. The van der Waals surface area contributed by atoms with E-state index < -0.39 is 18.1 Å². The molecule has 0 amide bonds. The minimum absolute atomic E-state index is 0. The maximum absolute atomic E-state index is 9.86. The number of nitrogens with two attached hydrogens (primary N) is 1. The second kappa shape index (κ2) is 4.48. The van der Waals surface area contributed by atoms with E-state index in [0.717, 1.165) is 0 Å². The van der Waals surface area contributed by atoms with Gasteiger partial charge in [-0.3, -0.25) is 4.79 Å². The van der Waals surface area contributed by atoms with Gasteiger partial charge in [-0.15, -0.1) is 0 Å². The molecule has 0 saturated carbocycles. The number of carbonyl (C=O) groups is 1. The first-order chi connectivity index (χ1) is 3.55. The Balaban J connectivity index is 0. The van der Waals surface area contributed by atoms with Gasteiger partial charge in [-0.2, -0.15) is 0 Å². The molecule has 0 bridgehead atoms. The van der Waals surface area contributed by atoms with Crippen LogP contribution in [0.4, 0.5) is 0 Å². The van der Waals surface area contributed by atoms with Crippen molar-refractivity contribution in [2.45, 2.75) is 19.1 Å². The van der Waals surface area contributed by atoms with Crippen molar-refractivity contribution in [1.82, 2.24) is 0 Å². The third-order valence-corrected chi connectivity index (χ3v) is 0.805. The van der Waals surface area contributed by atoms with E-state index in [-0.39, 0.29) is 11.0 Å². The van der Waals surface area contributed by atoms with Crippen LogP contribution in [-0.2, 0) is 4.79 Å². The number of aliphatic carboxylic acids is 1. The van der Waals surface area contributed by atoms with Gasteiger partial charge in [-0.25, -0.2) is 0 Å². The molecule has 0 aromatic carbocycles. The molecule has 0 spiro atoms. The molecule has 0 aliphatic carbocycles. The van der Waals surface area contributed by atoms with E-state index in [4.69, 9.17) is 15.9 Å². The Hall–Kier alpha value is -0.393. The highest BCUT2D eigenvalue weighted by Gasteiger charge is 2.16. The van der Waals surface area contributed by atoms with E-state index in [2.05, 4.69) is 0 Å². The van der Waals surface area contributed by atoms with Gasteiger partial charge in [0.15, 0.2) is 0 Å². The molecule has 4 nitrogen and oxygen atoms in total. The Morgan fingerprint density at radius 3 is 2.00 bits per heavy atom. The maximum Gasteiger partial charge on any atom is 0.323 e. The number of rotatable bonds is 2. The van der Waals surface area contributed by atoms with Gasteiger partial charge in [0.25, 0.3) is 0 Å². The van der Waals surface area contributed by atoms with Gasteiger partial charge >= 0.3 is 5.97 Å². The van der Waals surface area contributed by atoms with Crippen LogP contribution in [0, 0.1) is 0 Å². The summed E-state index contributed by atoms with van der Waals surface area (Å²) in [5, 5.41) is 16.6. The molecule has 2 unspecified atom stereocenters. The third-order valence-electron chi connectivity index (χ3n) is 0.805. The summed E-state index contributed by atoms with van der Waals surface area (Å²) >= 11 is 0. The number of carboxylic acid groups (broad SMARTS) is 1. The van der Waals surface area contributed by atoms with Crippen LogP contribution in [0.5, 0.6) is 0 Å². The number of hydrogen-bond donors (Lipinski definition) is 3. The second-order valence-electron chi connectivity index (χ2n) is 1.60. The van der Waals surface area contributed by atoms with Crippen molar-refractivity contribution in [3.8, 4) is 0 Å². The number of hydrogen-bond acceptors (Lipinski definition) is 3. The van der Waals surface area contributed by atoms with E-state index in [1.165, 1.54) is 6.92 Å². The molecule has 0 fully saturated rings. The van der Waals surface area contributed by atoms with Gasteiger partial charge < -0.3 is 15.9 Å². The van der Waals surface area contributed by atoms with Crippen LogP contribution in [0.1, 0.15) is 6.92 Å². The minimum Gasteiger partial charge on any atom is -0.480 e. The van der Waals surface area contributed by atoms with E-state index in [0.29, 0.717) is 0 Å². The standard InChI is InChI=1S/C4H9NO3.H4Si/c1-2(6)3(5)4(7)8;/h2-3,6H,5H2,1H3,(H,7,8);1H4. The summed E-state index contributed by atoms with van der Waals surface area (Å²) in [6, 6.07) is -1.16. The molecule has 2 atom stereocenters. The smallest absolute Gasteiger partial charge is 0.323 e. The SMILES string of the molecule is CC(O)C(N)C(=O)O.[SiH4]. The lowest BCUT2D eigenvalue weighted by Gasteiger charge is -2.06. The van der Waals surface area contributed by atoms with Gasteiger partial charge in [0.05, 0.1) is 6.10 Å². The molecule has 0 aromatic heterocycles. The third kappa shape index (κ3) is 4.13. The van der Waals surface area contributed by atoms with Crippen LogP contribution in [0.15, 0.2) is 0 Å². The molecule has 0 aliphatic rings. The van der Waals surface area contributed by atoms with E-state index in [1.807, 2.05) is 0 Å². The lowest BCUT2D eigenvalue weighted by molar-refractivity contribution is -0.140. The summed E-state index contributed by atoms with van der Waals surface area (Å²) in [5.41, 5.74) is 4.91. The highest BCUT2D eigenvalue weighted by molar-refractivity contribution is 5.75. The van der Waals surface area contributed by atoms with Gasteiger partial charge in [-0.05, 0) is 17.9 Å². The fourth-order valence-corrected chi connectivity index (χ4v) is 0.206. The molecular weight excluding hydrogens is 138 g/mol. The van der Waals surface area contributed by atoms with Crippen molar-refractivity contribution in [3.63, 3.8) is 0 Å². The number of aliphatic hydroxyl groups excluding tert-OH is 1. The summed E-state index contributed by atoms with van der Waals surface area (Å²) in [6.45, 7) is 1.33. The molecule has 0 heterocycles. The zero-order chi connectivity index (χ0) is 6.73. The normalized spacial score (nSPS) is 15.4. The molecule has 9 heavy (non-hydrogen) atoms. The molecule has 0 radical (unpaired) electrons. The van der Waals surface area contributed by atoms with Gasteiger partial charge in [0.2, 0.25) is 0 Å². The Morgan fingerprint density at radius 1 is 1.67 bits per heavy atom. The van der Waals surface area contributed by atoms with Gasteiger partial charge in [-0.1, -0.05) is 0 Å². The summed E-state index contributed by atoms with van der Waals surface area (Å²) in [5.74, 6) is -1.18. The zero-order valence-corrected chi connectivity index (χ0v) is 4.53. The largest absolute Gasteiger partial charge is 0.480 e. The quantitative estimate of drug-likeness (QED) is 0.376. The topological polar surface area (TPSA) is 83.5 Å². The van der Waals surface area contributed by atoms with Crippen molar-refractivity contribution >= 4 is 16.9 Å². The first-order valence-corrected chi connectivity index (χ1v) is 2.22. The summed E-state index contributed by atoms with van der Waals surface area (Å²) < 4.78 is 0. The predicted octanol–water partition coefficient (Wildman–Crippen LogP) is -2.67. The van der Waals surface area contributed by atoms with E-state index >= 15 is 0 Å². The van der Waals surface area contributed by atoms with Crippen LogP contribution in [0.2, 0.25) is 0 Å². The lowest BCUT2D eigenvalue weighted by atomic mass is 10.2. The number of aliphatic hydroxyl groups is 1. The van der Waals surface area contributed by atoms with Crippen molar-refractivity contribution in [2.24, 2.45) is 5.73 Å². The molecule has 0 aromatic rings. The summed E-state index contributed by atoms with van der Waals surface area (Å²) in [4.78, 5) is 9.86. The maximum atomic E-state index is 9.86. The molecule has 56 valence electrons. The first kappa shape index (κ1) is 11.4. The van der Waals surface area contributed by atoms with Crippen molar-refractivity contribution in [1.29, 1.82) is 0 Å². The van der Waals surface area contributed by atoms with Crippen molar-refractivity contribution in [2.75, 3.05) is 0 Å².